The zero-order valence-corrected chi connectivity index (χ0v) is 13.4. The van der Waals surface area contributed by atoms with E-state index in [1.54, 1.807) is 0 Å². The normalized spacial score (nSPS) is 27.0. The SMILES string of the molecule is CS(=O)(=O)C1CCCC(N2CCNCc3ccccc32)C1. The highest BCUT2D eigenvalue weighted by atomic mass is 32.2. The highest BCUT2D eigenvalue weighted by Crippen LogP contribution is 2.32. The highest BCUT2D eigenvalue weighted by molar-refractivity contribution is 7.91. The van der Waals surface area contributed by atoms with Crippen molar-refractivity contribution in [3.63, 3.8) is 0 Å². The maximum atomic E-state index is 11.9. The summed E-state index contributed by atoms with van der Waals surface area (Å²) in [5, 5.41) is 3.29. The van der Waals surface area contributed by atoms with Crippen molar-refractivity contribution >= 4 is 15.5 Å². The van der Waals surface area contributed by atoms with Crippen molar-refractivity contribution in [3.8, 4) is 0 Å². The van der Waals surface area contributed by atoms with E-state index in [4.69, 9.17) is 0 Å². The average Bonchev–Trinajstić information content (AvgIpc) is 2.69. The Balaban J connectivity index is 1.86. The summed E-state index contributed by atoms with van der Waals surface area (Å²) in [6.07, 6.45) is 5.09. The van der Waals surface area contributed by atoms with Crippen LogP contribution >= 0.6 is 0 Å². The second-order valence-corrected chi connectivity index (χ2v) is 8.60. The van der Waals surface area contributed by atoms with Gasteiger partial charge in [0.05, 0.1) is 5.25 Å². The first-order chi connectivity index (χ1) is 10.1. The van der Waals surface area contributed by atoms with Gasteiger partial charge in [-0.05, 0) is 30.9 Å². The Labute approximate surface area is 127 Å². The van der Waals surface area contributed by atoms with E-state index in [-0.39, 0.29) is 5.25 Å². The van der Waals surface area contributed by atoms with Gasteiger partial charge in [-0.1, -0.05) is 24.6 Å². The number of nitrogens with zero attached hydrogens (tertiary/aromatic N) is 1. The van der Waals surface area contributed by atoms with Crippen molar-refractivity contribution in [2.45, 2.75) is 43.5 Å². The molecule has 0 bridgehead atoms. The van der Waals surface area contributed by atoms with Gasteiger partial charge in [-0.25, -0.2) is 8.42 Å². The molecule has 0 saturated heterocycles. The lowest BCUT2D eigenvalue weighted by molar-refractivity contribution is 0.411. The lowest BCUT2D eigenvalue weighted by Gasteiger charge is -2.38. The van der Waals surface area contributed by atoms with Crippen molar-refractivity contribution in [2.75, 3.05) is 24.2 Å². The van der Waals surface area contributed by atoms with Gasteiger partial charge in [0.2, 0.25) is 0 Å². The number of anilines is 1. The topological polar surface area (TPSA) is 49.4 Å². The molecule has 1 fully saturated rings. The van der Waals surface area contributed by atoms with Gasteiger partial charge in [0, 0.05) is 37.6 Å². The Hall–Kier alpha value is -1.07. The Bertz CT molecular complexity index is 600. The Morgan fingerprint density at radius 1 is 1.24 bits per heavy atom. The Morgan fingerprint density at radius 3 is 2.86 bits per heavy atom. The summed E-state index contributed by atoms with van der Waals surface area (Å²) in [7, 11) is -2.93. The molecule has 0 aromatic heterocycles. The van der Waals surface area contributed by atoms with Crippen LogP contribution in [0, 0.1) is 0 Å². The highest BCUT2D eigenvalue weighted by Gasteiger charge is 2.32. The predicted molar refractivity (Wildman–Crippen MR) is 86.4 cm³/mol. The summed E-state index contributed by atoms with van der Waals surface area (Å²) in [5.74, 6) is 0. The lowest BCUT2D eigenvalue weighted by Crippen LogP contribution is -2.44. The fourth-order valence-electron chi connectivity index (χ4n) is 3.66. The van der Waals surface area contributed by atoms with E-state index in [1.165, 1.54) is 17.5 Å². The van der Waals surface area contributed by atoms with E-state index < -0.39 is 9.84 Å². The van der Waals surface area contributed by atoms with Crippen LogP contribution in [0.4, 0.5) is 5.69 Å². The number of fused-ring (bicyclic) bond motifs is 1. The van der Waals surface area contributed by atoms with E-state index in [0.29, 0.717) is 6.04 Å². The third-order valence-corrected chi connectivity index (χ3v) is 6.43. The fourth-order valence-corrected chi connectivity index (χ4v) is 4.82. The van der Waals surface area contributed by atoms with Gasteiger partial charge in [-0.15, -0.1) is 0 Å². The molecule has 0 radical (unpaired) electrons. The molecular formula is C16H24N2O2S. The van der Waals surface area contributed by atoms with Crippen LogP contribution in [0.5, 0.6) is 0 Å². The van der Waals surface area contributed by atoms with Crippen LogP contribution in [0.3, 0.4) is 0 Å². The van der Waals surface area contributed by atoms with Crippen molar-refractivity contribution in [3.05, 3.63) is 29.8 Å². The van der Waals surface area contributed by atoms with Crippen LogP contribution in [-0.2, 0) is 16.4 Å². The van der Waals surface area contributed by atoms with Gasteiger partial charge < -0.3 is 10.2 Å². The number of sulfone groups is 1. The summed E-state index contributed by atoms with van der Waals surface area (Å²) < 4.78 is 23.8. The zero-order chi connectivity index (χ0) is 14.9. The van der Waals surface area contributed by atoms with Crippen LogP contribution in [-0.4, -0.2) is 39.1 Å². The first kappa shape index (κ1) is 14.9. The second-order valence-electron chi connectivity index (χ2n) is 6.27. The molecule has 1 N–H and O–H groups in total. The first-order valence-corrected chi connectivity index (χ1v) is 9.75. The maximum absolute atomic E-state index is 11.9. The van der Waals surface area contributed by atoms with E-state index in [9.17, 15) is 8.42 Å². The minimum atomic E-state index is -2.93. The molecule has 3 rings (SSSR count). The van der Waals surface area contributed by atoms with Gasteiger partial charge >= 0.3 is 0 Å². The van der Waals surface area contributed by atoms with Crippen LogP contribution in [0.1, 0.15) is 31.2 Å². The predicted octanol–water partition coefficient (Wildman–Crippen LogP) is 1.95. The minimum Gasteiger partial charge on any atom is -0.367 e. The Kier molecular flexibility index (Phi) is 4.22. The molecule has 1 aromatic carbocycles. The molecule has 5 heteroatoms. The van der Waals surface area contributed by atoms with Gasteiger partial charge in [0.1, 0.15) is 9.84 Å². The monoisotopic (exact) mass is 308 g/mol. The van der Waals surface area contributed by atoms with Crippen molar-refractivity contribution < 1.29 is 8.42 Å². The molecule has 2 aliphatic rings. The summed E-state index contributed by atoms with van der Waals surface area (Å²) in [6, 6.07) is 8.84. The molecule has 1 heterocycles. The second kappa shape index (κ2) is 5.97. The molecule has 1 aliphatic carbocycles. The number of benzene rings is 1. The van der Waals surface area contributed by atoms with Gasteiger partial charge in [0.15, 0.2) is 0 Å². The fraction of sp³-hybridized carbons (Fsp3) is 0.625. The van der Waals surface area contributed by atoms with Gasteiger partial charge in [0.25, 0.3) is 0 Å². The van der Waals surface area contributed by atoms with Crippen LogP contribution in [0.25, 0.3) is 0 Å². The molecule has 2 atom stereocenters. The number of hydrogen-bond acceptors (Lipinski definition) is 4. The van der Waals surface area contributed by atoms with Gasteiger partial charge in [-0.2, -0.15) is 0 Å². The number of rotatable bonds is 2. The van der Waals surface area contributed by atoms with Crippen LogP contribution in [0.2, 0.25) is 0 Å². The van der Waals surface area contributed by atoms with Crippen molar-refractivity contribution in [1.82, 2.24) is 5.32 Å². The van der Waals surface area contributed by atoms with Crippen molar-refractivity contribution in [1.29, 1.82) is 0 Å². The number of hydrogen-bond donors (Lipinski definition) is 1. The average molecular weight is 308 g/mol. The Morgan fingerprint density at radius 2 is 2.05 bits per heavy atom. The quantitative estimate of drug-likeness (QED) is 0.907. The van der Waals surface area contributed by atoms with Crippen LogP contribution < -0.4 is 10.2 Å². The summed E-state index contributed by atoms with van der Waals surface area (Å²) in [4.78, 5) is 2.44. The molecule has 1 aliphatic heterocycles. The molecular weight excluding hydrogens is 284 g/mol. The van der Waals surface area contributed by atoms with Crippen molar-refractivity contribution in [2.24, 2.45) is 0 Å². The summed E-state index contributed by atoms with van der Waals surface area (Å²) >= 11 is 0. The van der Waals surface area contributed by atoms with Crippen LogP contribution in [0.15, 0.2) is 24.3 Å². The largest absolute Gasteiger partial charge is 0.367 e. The van der Waals surface area contributed by atoms with E-state index in [1.807, 2.05) is 0 Å². The molecule has 0 spiro atoms. The number of nitrogens with one attached hydrogen (secondary N) is 1. The number of para-hydroxylation sites is 1. The molecule has 2 unspecified atom stereocenters. The summed E-state index contributed by atoms with van der Waals surface area (Å²) in [5.41, 5.74) is 2.60. The lowest BCUT2D eigenvalue weighted by atomic mass is 9.93. The third kappa shape index (κ3) is 3.24. The zero-order valence-electron chi connectivity index (χ0n) is 12.6. The first-order valence-electron chi connectivity index (χ1n) is 7.80. The molecule has 116 valence electrons. The molecule has 0 amide bonds. The van der Waals surface area contributed by atoms with E-state index in [0.717, 1.165) is 45.3 Å². The smallest absolute Gasteiger partial charge is 0.150 e. The summed E-state index contributed by atoms with van der Waals surface area (Å²) in [6.45, 7) is 2.81. The molecule has 21 heavy (non-hydrogen) atoms. The van der Waals surface area contributed by atoms with Gasteiger partial charge in [-0.3, -0.25) is 0 Å². The van der Waals surface area contributed by atoms with E-state index >= 15 is 0 Å². The third-order valence-electron chi connectivity index (χ3n) is 4.79. The minimum absolute atomic E-state index is 0.167. The standard InChI is InChI=1S/C16H24N2O2S/c1-21(19,20)15-7-4-6-14(11-15)18-10-9-17-12-13-5-2-3-8-16(13)18/h2-3,5,8,14-15,17H,4,6-7,9-12H2,1H3. The maximum Gasteiger partial charge on any atom is 0.150 e. The molecule has 1 aromatic rings. The molecule has 4 nitrogen and oxygen atoms in total. The molecule has 1 saturated carbocycles. The van der Waals surface area contributed by atoms with E-state index in [2.05, 4.69) is 34.5 Å².